The molecule has 3 aliphatic rings. The molecule has 170 valence electrons. The molecule has 3 aliphatic heterocycles. The Labute approximate surface area is 187 Å². The Morgan fingerprint density at radius 3 is 2.62 bits per heavy atom. The molecule has 8 nitrogen and oxygen atoms in total. The SMILES string of the molecule is COc1ccc(C(=O)N2C[C@@H]3COCCN3C3(CN(Cc4ccc(O)c(O)c4)C3)C2)cc1. The zero-order valence-electron chi connectivity index (χ0n) is 18.2. The number of morpholine rings is 1. The molecule has 0 aliphatic carbocycles. The maximum absolute atomic E-state index is 13.3. The third kappa shape index (κ3) is 3.79. The van der Waals surface area contributed by atoms with Crippen molar-refractivity contribution in [2.24, 2.45) is 0 Å². The summed E-state index contributed by atoms with van der Waals surface area (Å²) < 4.78 is 11.0. The predicted octanol–water partition coefficient (Wildman–Crippen LogP) is 1.52. The van der Waals surface area contributed by atoms with Gasteiger partial charge in [-0.05, 0) is 42.0 Å². The molecule has 3 saturated heterocycles. The highest BCUT2D eigenvalue weighted by Crippen LogP contribution is 2.37. The average Bonchev–Trinajstić information content (AvgIpc) is 2.80. The van der Waals surface area contributed by atoms with Gasteiger partial charge in [0.05, 0.1) is 31.9 Å². The monoisotopic (exact) mass is 439 g/mol. The number of benzene rings is 2. The minimum atomic E-state index is -0.107. The summed E-state index contributed by atoms with van der Waals surface area (Å²) in [6.07, 6.45) is 0. The normalized spacial score (nSPS) is 22.9. The van der Waals surface area contributed by atoms with Gasteiger partial charge in [-0.2, -0.15) is 0 Å². The lowest BCUT2D eigenvalue weighted by molar-refractivity contribution is -0.160. The Balaban J connectivity index is 1.31. The summed E-state index contributed by atoms with van der Waals surface area (Å²) in [5, 5.41) is 19.3. The zero-order valence-corrected chi connectivity index (χ0v) is 18.2. The van der Waals surface area contributed by atoms with E-state index in [-0.39, 0.29) is 29.0 Å². The average molecular weight is 440 g/mol. The van der Waals surface area contributed by atoms with Crippen LogP contribution < -0.4 is 4.74 Å². The molecular weight excluding hydrogens is 410 g/mol. The van der Waals surface area contributed by atoms with Crippen LogP contribution in [-0.4, -0.2) is 95.4 Å². The van der Waals surface area contributed by atoms with Crippen LogP contribution in [0.2, 0.25) is 0 Å². The summed E-state index contributed by atoms with van der Waals surface area (Å²) >= 11 is 0. The van der Waals surface area contributed by atoms with Crippen LogP contribution in [0.25, 0.3) is 0 Å². The Hall–Kier alpha value is -2.81. The number of piperazine rings is 1. The van der Waals surface area contributed by atoms with Crippen molar-refractivity contribution >= 4 is 5.91 Å². The number of hydrogen-bond acceptors (Lipinski definition) is 7. The maximum Gasteiger partial charge on any atom is 0.253 e. The number of methoxy groups -OCH3 is 1. The van der Waals surface area contributed by atoms with Gasteiger partial charge in [0.15, 0.2) is 11.5 Å². The third-order valence-corrected chi connectivity index (χ3v) is 6.86. The number of ether oxygens (including phenoxy) is 2. The van der Waals surface area contributed by atoms with Gasteiger partial charge in [0.2, 0.25) is 0 Å². The van der Waals surface area contributed by atoms with E-state index >= 15 is 0 Å². The summed E-state index contributed by atoms with van der Waals surface area (Å²) in [5.74, 6) is 0.572. The summed E-state index contributed by atoms with van der Waals surface area (Å²) in [6.45, 7) is 5.97. The van der Waals surface area contributed by atoms with Gasteiger partial charge in [0, 0.05) is 44.8 Å². The van der Waals surface area contributed by atoms with Crippen molar-refractivity contribution < 1.29 is 24.5 Å². The lowest BCUT2D eigenvalue weighted by Gasteiger charge is -2.63. The van der Waals surface area contributed by atoms with E-state index in [1.54, 1.807) is 13.2 Å². The van der Waals surface area contributed by atoms with Gasteiger partial charge in [-0.1, -0.05) is 6.07 Å². The van der Waals surface area contributed by atoms with Gasteiger partial charge in [0.25, 0.3) is 5.91 Å². The molecule has 3 fully saturated rings. The highest BCUT2D eigenvalue weighted by Gasteiger charge is 2.54. The molecule has 1 amide bonds. The fourth-order valence-corrected chi connectivity index (χ4v) is 5.37. The van der Waals surface area contributed by atoms with E-state index < -0.39 is 0 Å². The number of aromatic hydroxyl groups is 2. The Morgan fingerprint density at radius 2 is 1.91 bits per heavy atom. The minimum Gasteiger partial charge on any atom is -0.504 e. The van der Waals surface area contributed by atoms with Gasteiger partial charge in [-0.15, -0.1) is 0 Å². The van der Waals surface area contributed by atoms with Crippen LogP contribution in [0, 0.1) is 0 Å². The van der Waals surface area contributed by atoms with E-state index in [1.807, 2.05) is 35.2 Å². The number of nitrogens with zero attached hydrogens (tertiary/aromatic N) is 3. The molecule has 1 atom stereocenters. The number of phenols is 2. The quantitative estimate of drug-likeness (QED) is 0.699. The second-order valence-electron chi connectivity index (χ2n) is 9.03. The molecule has 2 aromatic carbocycles. The van der Waals surface area contributed by atoms with E-state index in [2.05, 4.69) is 9.80 Å². The highest BCUT2D eigenvalue weighted by molar-refractivity contribution is 5.94. The molecule has 1 spiro atoms. The largest absolute Gasteiger partial charge is 0.504 e. The number of rotatable bonds is 4. The summed E-state index contributed by atoms with van der Waals surface area (Å²) in [5.41, 5.74) is 1.53. The van der Waals surface area contributed by atoms with Crippen LogP contribution in [0.1, 0.15) is 15.9 Å². The maximum atomic E-state index is 13.3. The molecule has 3 heterocycles. The van der Waals surface area contributed by atoms with Crippen molar-refractivity contribution in [3.63, 3.8) is 0 Å². The third-order valence-electron chi connectivity index (χ3n) is 6.86. The number of amides is 1. The van der Waals surface area contributed by atoms with Crippen LogP contribution in [0.3, 0.4) is 0 Å². The lowest BCUT2D eigenvalue weighted by Crippen LogP contribution is -2.80. The van der Waals surface area contributed by atoms with Gasteiger partial charge in [-0.25, -0.2) is 0 Å². The Kier molecular flexibility index (Phi) is 5.44. The van der Waals surface area contributed by atoms with Crippen molar-refractivity contribution in [2.75, 3.05) is 53.0 Å². The Morgan fingerprint density at radius 1 is 1.12 bits per heavy atom. The highest BCUT2D eigenvalue weighted by atomic mass is 16.5. The number of fused-ring (bicyclic) bond motifs is 2. The first-order valence-electron chi connectivity index (χ1n) is 11.0. The first-order valence-corrected chi connectivity index (χ1v) is 11.0. The molecule has 0 unspecified atom stereocenters. The summed E-state index contributed by atoms with van der Waals surface area (Å²) in [4.78, 5) is 20.1. The van der Waals surface area contributed by atoms with Gasteiger partial charge < -0.3 is 24.6 Å². The smallest absolute Gasteiger partial charge is 0.253 e. The molecule has 0 bridgehead atoms. The number of carbonyl (C=O) groups is 1. The number of likely N-dealkylation sites (tertiary alicyclic amines) is 1. The number of phenolic OH excluding ortho intramolecular Hbond substituents is 2. The lowest BCUT2D eigenvalue weighted by atomic mass is 9.82. The standard InChI is InChI=1S/C24H29N3O5/c1-31-20-5-3-18(4-6-20)23(30)26-12-19-13-32-9-8-27(19)24(16-26)14-25(15-24)11-17-2-7-21(28)22(29)10-17/h2-7,10,19,28-29H,8-9,11-16H2,1H3/t19-/m1/s1. The topological polar surface area (TPSA) is 85.7 Å². The zero-order chi connectivity index (χ0) is 22.3. The van der Waals surface area contributed by atoms with Gasteiger partial charge in [-0.3, -0.25) is 14.6 Å². The summed E-state index contributed by atoms with van der Waals surface area (Å²) in [6, 6.07) is 12.4. The molecule has 2 N–H and O–H groups in total. The van der Waals surface area contributed by atoms with Crippen molar-refractivity contribution in [3.8, 4) is 17.2 Å². The van der Waals surface area contributed by atoms with E-state index in [9.17, 15) is 15.0 Å². The predicted molar refractivity (Wildman–Crippen MR) is 118 cm³/mol. The van der Waals surface area contributed by atoms with Crippen LogP contribution in [0.5, 0.6) is 17.2 Å². The molecule has 2 aromatic rings. The fourth-order valence-electron chi connectivity index (χ4n) is 5.37. The molecule has 5 rings (SSSR count). The second kappa shape index (κ2) is 8.27. The van der Waals surface area contributed by atoms with Gasteiger partial charge in [0.1, 0.15) is 5.75 Å². The van der Waals surface area contributed by atoms with Crippen molar-refractivity contribution in [1.82, 2.24) is 14.7 Å². The van der Waals surface area contributed by atoms with E-state index in [0.717, 1.165) is 37.6 Å². The molecular formula is C24H29N3O5. The minimum absolute atomic E-state index is 0.0409. The van der Waals surface area contributed by atoms with Crippen LogP contribution in [0.15, 0.2) is 42.5 Å². The first kappa shape index (κ1) is 21.1. The molecule has 0 saturated carbocycles. The second-order valence-corrected chi connectivity index (χ2v) is 9.03. The summed E-state index contributed by atoms with van der Waals surface area (Å²) in [7, 11) is 1.62. The van der Waals surface area contributed by atoms with Crippen LogP contribution >= 0.6 is 0 Å². The number of hydrogen-bond donors (Lipinski definition) is 2. The van der Waals surface area contributed by atoms with E-state index in [1.165, 1.54) is 6.07 Å². The molecule has 32 heavy (non-hydrogen) atoms. The Bertz CT molecular complexity index is 990. The molecule has 0 aromatic heterocycles. The number of carbonyl (C=O) groups excluding carboxylic acids is 1. The van der Waals surface area contributed by atoms with Crippen molar-refractivity contribution in [1.29, 1.82) is 0 Å². The molecule has 8 heteroatoms. The van der Waals surface area contributed by atoms with E-state index in [4.69, 9.17) is 9.47 Å². The van der Waals surface area contributed by atoms with Crippen LogP contribution in [0.4, 0.5) is 0 Å². The van der Waals surface area contributed by atoms with Crippen molar-refractivity contribution in [2.45, 2.75) is 18.1 Å². The van der Waals surface area contributed by atoms with Gasteiger partial charge >= 0.3 is 0 Å². The fraction of sp³-hybridized carbons (Fsp3) is 0.458. The van der Waals surface area contributed by atoms with E-state index in [0.29, 0.717) is 31.8 Å². The molecule has 0 radical (unpaired) electrons. The van der Waals surface area contributed by atoms with Crippen molar-refractivity contribution in [3.05, 3.63) is 53.6 Å². The van der Waals surface area contributed by atoms with Crippen LogP contribution in [-0.2, 0) is 11.3 Å². The first-order chi connectivity index (χ1) is 15.5.